The molecule has 1 amide bonds. The van der Waals surface area contributed by atoms with Crippen LogP contribution in [0.2, 0.25) is 0 Å². The van der Waals surface area contributed by atoms with Gasteiger partial charge in [0.25, 0.3) is 5.56 Å². The first-order valence-corrected chi connectivity index (χ1v) is 8.53. The summed E-state index contributed by atoms with van der Waals surface area (Å²) in [6.45, 7) is -0.214. The molecule has 0 spiro atoms. The molecule has 1 aromatic carbocycles. The van der Waals surface area contributed by atoms with Gasteiger partial charge in [0, 0.05) is 18.8 Å². The quantitative estimate of drug-likeness (QED) is 0.728. The molecule has 9 heteroatoms. The molecular weight excluding hydrogens is 358 g/mol. The third-order valence-electron chi connectivity index (χ3n) is 3.92. The normalized spacial score (nSPS) is 10.7. The van der Waals surface area contributed by atoms with E-state index >= 15 is 0 Å². The van der Waals surface area contributed by atoms with Gasteiger partial charge in [-0.15, -0.1) is 11.3 Å². The Bertz CT molecular complexity index is 1100. The maximum absolute atomic E-state index is 12.4. The number of carbonyl (C=O) groups is 1. The number of nitrogens with one attached hydrogen (secondary N) is 1. The highest BCUT2D eigenvalue weighted by molar-refractivity contribution is 7.17. The van der Waals surface area contributed by atoms with Crippen molar-refractivity contribution >= 4 is 33.1 Å². The number of rotatable bonds is 5. The van der Waals surface area contributed by atoms with Crippen molar-refractivity contribution in [2.45, 2.75) is 6.54 Å². The van der Waals surface area contributed by atoms with Gasteiger partial charge in [-0.1, -0.05) is 0 Å². The van der Waals surface area contributed by atoms with Crippen LogP contribution in [0.1, 0.15) is 0 Å². The lowest BCUT2D eigenvalue weighted by molar-refractivity contribution is -0.116. The van der Waals surface area contributed by atoms with Crippen LogP contribution in [0.4, 0.5) is 5.69 Å². The molecule has 1 N–H and O–H groups in total. The largest absolute Gasteiger partial charge is 0.493 e. The van der Waals surface area contributed by atoms with Crippen molar-refractivity contribution < 1.29 is 14.3 Å². The van der Waals surface area contributed by atoms with Crippen molar-refractivity contribution in [3.63, 3.8) is 0 Å². The number of carbonyl (C=O) groups excluding carboxylic acids is 1. The summed E-state index contributed by atoms with van der Waals surface area (Å²) in [5.74, 6) is 0.620. The Kier molecular flexibility index (Phi) is 4.81. The monoisotopic (exact) mass is 375 g/mol. The number of aromatic nitrogens is 2. The molecule has 0 saturated heterocycles. The van der Waals surface area contributed by atoms with E-state index in [4.69, 9.17) is 9.47 Å². The predicted octanol–water partition coefficient (Wildman–Crippen LogP) is 1.42. The van der Waals surface area contributed by atoms with E-state index in [1.54, 1.807) is 29.6 Å². The number of thiophene rings is 1. The molecule has 0 aliphatic heterocycles. The topological polar surface area (TPSA) is 91.6 Å². The molecule has 3 rings (SSSR count). The number of benzene rings is 1. The van der Waals surface area contributed by atoms with Crippen LogP contribution in [0.5, 0.6) is 11.5 Å². The summed E-state index contributed by atoms with van der Waals surface area (Å²) in [7, 11) is 4.42. The molecule has 0 fully saturated rings. The Hall–Kier alpha value is -3.07. The number of methoxy groups -OCH3 is 2. The van der Waals surface area contributed by atoms with Crippen molar-refractivity contribution in [1.29, 1.82) is 0 Å². The van der Waals surface area contributed by atoms with Gasteiger partial charge < -0.3 is 14.8 Å². The minimum atomic E-state index is -0.539. The Labute approximate surface area is 152 Å². The molecule has 0 saturated carbocycles. The molecule has 2 aromatic heterocycles. The van der Waals surface area contributed by atoms with E-state index in [9.17, 15) is 14.4 Å². The molecule has 0 bridgehead atoms. The van der Waals surface area contributed by atoms with Gasteiger partial charge in [0.15, 0.2) is 11.5 Å². The van der Waals surface area contributed by atoms with Gasteiger partial charge in [-0.05, 0) is 23.6 Å². The SMILES string of the molecule is COc1ccc(NC(=O)Cn2c(=O)n(C)c(=O)c3sccc32)cc1OC. The van der Waals surface area contributed by atoms with Gasteiger partial charge >= 0.3 is 5.69 Å². The Morgan fingerprint density at radius 2 is 1.88 bits per heavy atom. The number of ether oxygens (including phenoxy) is 2. The van der Waals surface area contributed by atoms with E-state index in [1.807, 2.05) is 0 Å². The van der Waals surface area contributed by atoms with Crippen molar-refractivity contribution in [2.24, 2.45) is 7.05 Å². The van der Waals surface area contributed by atoms with E-state index in [-0.39, 0.29) is 12.1 Å². The fourth-order valence-corrected chi connectivity index (χ4v) is 3.48. The van der Waals surface area contributed by atoms with E-state index < -0.39 is 11.6 Å². The average Bonchev–Trinajstić information content (AvgIpc) is 3.13. The number of hydrogen-bond acceptors (Lipinski definition) is 6. The number of amides is 1. The molecule has 3 aromatic rings. The van der Waals surface area contributed by atoms with E-state index in [1.165, 1.54) is 37.2 Å². The smallest absolute Gasteiger partial charge is 0.331 e. The highest BCUT2D eigenvalue weighted by atomic mass is 32.1. The zero-order valence-corrected chi connectivity index (χ0v) is 15.3. The number of anilines is 1. The fourth-order valence-electron chi connectivity index (χ4n) is 2.61. The first kappa shape index (κ1) is 17.7. The summed E-state index contributed by atoms with van der Waals surface area (Å²) < 4.78 is 13.1. The first-order valence-electron chi connectivity index (χ1n) is 7.65. The fraction of sp³-hybridized carbons (Fsp3) is 0.235. The van der Waals surface area contributed by atoms with Gasteiger partial charge in [0.2, 0.25) is 5.91 Å². The van der Waals surface area contributed by atoms with Crippen molar-refractivity contribution in [1.82, 2.24) is 9.13 Å². The van der Waals surface area contributed by atoms with Crippen LogP contribution in [0.15, 0.2) is 39.2 Å². The van der Waals surface area contributed by atoms with E-state index in [2.05, 4.69) is 5.32 Å². The summed E-state index contributed by atoms with van der Waals surface area (Å²) in [4.78, 5) is 36.9. The van der Waals surface area contributed by atoms with Gasteiger partial charge in [0.1, 0.15) is 11.2 Å². The minimum Gasteiger partial charge on any atom is -0.493 e. The van der Waals surface area contributed by atoms with Gasteiger partial charge in [-0.3, -0.25) is 18.7 Å². The van der Waals surface area contributed by atoms with Crippen LogP contribution in [0.3, 0.4) is 0 Å². The summed E-state index contributed by atoms with van der Waals surface area (Å²) in [6, 6.07) is 6.62. The third-order valence-corrected chi connectivity index (χ3v) is 4.81. The maximum Gasteiger partial charge on any atom is 0.331 e. The molecular formula is C17H17N3O5S. The highest BCUT2D eigenvalue weighted by Gasteiger charge is 2.15. The van der Waals surface area contributed by atoms with Crippen LogP contribution in [-0.2, 0) is 18.4 Å². The first-order chi connectivity index (χ1) is 12.5. The number of hydrogen-bond donors (Lipinski definition) is 1. The summed E-state index contributed by atoms with van der Waals surface area (Å²) in [5, 5.41) is 4.43. The molecule has 0 unspecified atom stereocenters. The van der Waals surface area contributed by atoms with Gasteiger partial charge in [-0.2, -0.15) is 0 Å². The molecule has 0 aliphatic rings. The average molecular weight is 375 g/mol. The number of fused-ring (bicyclic) bond motifs is 1. The molecule has 0 atom stereocenters. The summed E-state index contributed by atoms with van der Waals surface area (Å²) >= 11 is 1.24. The van der Waals surface area contributed by atoms with Gasteiger partial charge in [0.05, 0.1) is 19.7 Å². The van der Waals surface area contributed by atoms with E-state index in [0.29, 0.717) is 27.4 Å². The Morgan fingerprint density at radius 1 is 1.15 bits per heavy atom. The molecule has 26 heavy (non-hydrogen) atoms. The zero-order chi connectivity index (χ0) is 18.8. The van der Waals surface area contributed by atoms with Crippen LogP contribution < -0.4 is 26.0 Å². The molecule has 2 heterocycles. The van der Waals surface area contributed by atoms with E-state index in [0.717, 1.165) is 4.57 Å². The lowest BCUT2D eigenvalue weighted by Gasteiger charge is -2.12. The molecule has 8 nitrogen and oxygen atoms in total. The predicted molar refractivity (Wildman–Crippen MR) is 99.5 cm³/mol. The minimum absolute atomic E-state index is 0.214. The second-order valence-electron chi connectivity index (χ2n) is 5.49. The highest BCUT2D eigenvalue weighted by Crippen LogP contribution is 2.29. The second kappa shape index (κ2) is 7.04. The molecule has 0 aliphatic carbocycles. The standard InChI is InChI=1S/C17H17N3O5S/c1-19-16(22)15-11(6-7-26-15)20(17(19)23)9-14(21)18-10-4-5-12(24-2)13(8-10)25-3/h4-8H,9H2,1-3H3,(H,18,21). The molecule has 0 radical (unpaired) electrons. The zero-order valence-electron chi connectivity index (χ0n) is 14.4. The van der Waals surface area contributed by atoms with Gasteiger partial charge in [-0.25, -0.2) is 4.79 Å². The van der Waals surface area contributed by atoms with Crippen molar-refractivity contribution in [2.75, 3.05) is 19.5 Å². The summed E-state index contributed by atoms with van der Waals surface area (Å²) in [6.07, 6.45) is 0. The molecule has 136 valence electrons. The second-order valence-corrected chi connectivity index (χ2v) is 6.40. The third kappa shape index (κ3) is 3.08. The van der Waals surface area contributed by atoms with Crippen molar-refractivity contribution in [3.05, 3.63) is 50.5 Å². The van der Waals surface area contributed by atoms with Crippen LogP contribution >= 0.6 is 11.3 Å². The van der Waals surface area contributed by atoms with Crippen LogP contribution in [-0.4, -0.2) is 29.3 Å². The summed E-state index contributed by atoms with van der Waals surface area (Å²) in [5.41, 5.74) is 0.0533. The Morgan fingerprint density at radius 3 is 2.58 bits per heavy atom. The Balaban J connectivity index is 1.90. The maximum atomic E-state index is 12.4. The lowest BCUT2D eigenvalue weighted by Crippen LogP contribution is -2.39. The van der Waals surface area contributed by atoms with Crippen molar-refractivity contribution in [3.8, 4) is 11.5 Å². The van der Waals surface area contributed by atoms with Crippen LogP contribution in [0.25, 0.3) is 10.2 Å². The number of nitrogens with zero attached hydrogens (tertiary/aromatic N) is 2. The lowest BCUT2D eigenvalue weighted by atomic mass is 10.2. The van der Waals surface area contributed by atoms with Crippen LogP contribution in [0, 0.1) is 0 Å².